The number of halogens is 4. The number of hydrogen-bond donors (Lipinski definition) is 0. The largest absolute Gasteiger partial charge is 0.265 e. The predicted molar refractivity (Wildman–Crippen MR) is 41.7 cm³/mol. The van der Waals surface area contributed by atoms with E-state index in [2.05, 4.69) is 20.9 Å². The summed E-state index contributed by atoms with van der Waals surface area (Å²) in [7, 11) is 0. The molecule has 0 atom stereocenters. The topological polar surface area (TPSA) is 12.9 Å². The van der Waals surface area contributed by atoms with Crippen LogP contribution >= 0.6 is 15.9 Å². The van der Waals surface area contributed by atoms with Gasteiger partial charge in [-0.2, -0.15) is 0 Å². The highest BCUT2D eigenvalue weighted by atomic mass is 79.9. The third-order valence-corrected chi connectivity index (χ3v) is 2.00. The molecule has 66 valence electrons. The Kier molecular flexibility index (Phi) is 3.08. The number of aromatic nitrogens is 1. The molecule has 1 aromatic heterocycles. The number of nitrogens with zero attached hydrogens (tertiary/aromatic N) is 1. The van der Waals surface area contributed by atoms with Crippen molar-refractivity contribution in [1.82, 2.24) is 4.98 Å². The van der Waals surface area contributed by atoms with Crippen LogP contribution in [0.4, 0.5) is 13.2 Å². The van der Waals surface area contributed by atoms with E-state index in [0.29, 0.717) is 0 Å². The van der Waals surface area contributed by atoms with E-state index in [-0.39, 0.29) is 15.7 Å². The van der Waals surface area contributed by atoms with Crippen molar-refractivity contribution in [2.45, 2.75) is 13.1 Å². The van der Waals surface area contributed by atoms with Crippen molar-refractivity contribution in [1.29, 1.82) is 0 Å². The Morgan fingerprint density at radius 1 is 1.50 bits per heavy atom. The second-order valence-corrected chi connectivity index (χ2v) is 2.99. The molecule has 0 aliphatic rings. The summed E-state index contributed by atoms with van der Waals surface area (Å²) in [5.41, 5.74) is -0.0709. The van der Waals surface area contributed by atoms with E-state index in [0.717, 1.165) is 6.20 Å². The standard InChI is InChI=1S/C7H5BrF3N/c8-5-1-4(7(10)11)3-12-6(5)2-9/h1,3,7H,2H2. The summed E-state index contributed by atoms with van der Waals surface area (Å²) >= 11 is 2.94. The van der Waals surface area contributed by atoms with Crippen LogP contribution in [0.2, 0.25) is 0 Å². The van der Waals surface area contributed by atoms with Crippen LogP contribution in [-0.4, -0.2) is 4.98 Å². The molecule has 1 heterocycles. The van der Waals surface area contributed by atoms with E-state index in [1.165, 1.54) is 6.07 Å². The first-order chi connectivity index (χ1) is 5.65. The van der Waals surface area contributed by atoms with Gasteiger partial charge < -0.3 is 0 Å². The van der Waals surface area contributed by atoms with Crippen LogP contribution in [0.5, 0.6) is 0 Å². The highest BCUT2D eigenvalue weighted by molar-refractivity contribution is 9.10. The molecule has 1 rings (SSSR count). The molecule has 12 heavy (non-hydrogen) atoms. The number of hydrogen-bond acceptors (Lipinski definition) is 1. The summed E-state index contributed by atoms with van der Waals surface area (Å²) in [6.45, 7) is -0.760. The predicted octanol–water partition coefficient (Wildman–Crippen LogP) is 3.25. The highest BCUT2D eigenvalue weighted by Crippen LogP contribution is 2.23. The zero-order valence-electron chi connectivity index (χ0n) is 5.90. The van der Waals surface area contributed by atoms with Crippen LogP contribution in [0, 0.1) is 0 Å². The van der Waals surface area contributed by atoms with Gasteiger partial charge in [-0.25, -0.2) is 13.2 Å². The first-order valence-corrected chi connectivity index (χ1v) is 3.93. The van der Waals surface area contributed by atoms with Gasteiger partial charge in [-0.1, -0.05) is 0 Å². The Morgan fingerprint density at radius 3 is 2.58 bits per heavy atom. The van der Waals surface area contributed by atoms with Crippen LogP contribution in [0.3, 0.4) is 0 Å². The quantitative estimate of drug-likeness (QED) is 0.773. The van der Waals surface area contributed by atoms with Gasteiger partial charge in [0.05, 0.1) is 5.69 Å². The highest BCUT2D eigenvalue weighted by Gasteiger charge is 2.09. The minimum atomic E-state index is -2.57. The van der Waals surface area contributed by atoms with Gasteiger partial charge in [0.15, 0.2) is 0 Å². The molecule has 0 amide bonds. The number of alkyl halides is 3. The van der Waals surface area contributed by atoms with Crippen molar-refractivity contribution in [2.75, 3.05) is 0 Å². The summed E-state index contributed by atoms with van der Waals surface area (Å²) in [6.07, 6.45) is -1.59. The maximum atomic E-state index is 12.0. The van der Waals surface area contributed by atoms with E-state index >= 15 is 0 Å². The lowest BCUT2D eigenvalue weighted by atomic mass is 10.2. The molecule has 0 unspecified atom stereocenters. The zero-order chi connectivity index (χ0) is 9.14. The molecule has 0 saturated heterocycles. The molecular formula is C7H5BrF3N. The van der Waals surface area contributed by atoms with Gasteiger partial charge in [0, 0.05) is 16.2 Å². The van der Waals surface area contributed by atoms with E-state index in [1.54, 1.807) is 0 Å². The second-order valence-electron chi connectivity index (χ2n) is 2.13. The first-order valence-electron chi connectivity index (χ1n) is 3.13. The van der Waals surface area contributed by atoms with Crippen LogP contribution in [0.15, 0.2) is 16.7 Å². The monoisotopic (exact) mass is 239 g/mol. The fourth-order valence-corrected chi connectivity index (χ4v) is 1.17. The Morgan fingerprint density at radius 2 is 2.17 bits per heavy atom. The summed E-state index contributed by atoms with van der Waals surface area (Å²) in [5.74, 6) is 0. The van der Waals surface area contributed by atoms with Gasteiger partial charge in [0.1, 0.15) is 6.67 Å². The molecule has 5 heteroatoms. The van der Waals surface area contributed by atoms with Gasteiger partial charge >= 0.3 is 0 Å². The molecule has 0 spiro atoms. The van der Waals surface area contributed by atoms with Crippen LogP contribution in [-0.2, 0) is 6.67 Å². The van der Waals surface area contributed by atoms with E-state index in [4.69, 9.17) is 0 Å². The van der Waals surface area contributed by atoms with Crippen molar-refractivity contribution in [2.24, 2.45) is 0 Å². The lowest BCUT2D eigenvalue weighted by Crippen LogP contribution is -1.92. The Bertz CT molecular complexity index is 277. The van der Waals surface area contributed by atoms with Crippen molar-refractivity contribution in [3.8, 4) is 0 Å². The molecule has 0 aromatic carbocycles. The maximum absolute atomic E-state index is 12.0. The van der Waals surface area contributed by atoms with Crippen LogP contribution in [0.1, 0.15) is 17.7 Å². The van der Waals surface area contributed by atoms with Gasteiger partial charge in [0.25, 0.3) is 6.43 Å². The third kappa shape index (κ3) is 1.97. The van der Waals surface area contributed by atoms with E-state index in [9.17, 15) is 13.2 Å². The van der Waals surface area contributed by atoms with Crippen LogP contribution < -0.4 is 0 Å². The summed E-state index contributed by atoms with van der Waals surface area (Å²) in [4.78, 5) is 3.52. The molecule has 0 aliphatic carbocycles. The van der Waals surface area contributed by atoms with E-state index < -0.39 is 13.1 Å². The minimum Gasteiger partial charge on any atom is -0.257 e. The van der Waals surface area contributed by atoms with Gasteiger partial charge in [-0.3, -0.25) is 4.98 Å². The molecule has 0 bridgehead atoms. The Labute approximate surface area is 75.7 Å². The molecule has 0 saturated carbocycles. The Hall–Kier alpha value is -0.580. The fraction of sp³-hybridized carbons (Fsp3) is 0.286. The molecule has 0 fully saturated rings. The van der Waals surface area contributed by atoms with Crippen molar-refractivity contribution < 1.29 is 13.2 Å². The lowest BCUT2D eigenvalue weighted by molar-refractivity contribution is 0.151. The summed E-state index contributed by atoms with van der Waals surface area (Å²) < 4.78 is 36.4. The molecule has 0 N–H and O–H groups in total. The summed E-state index contributed by atoms with van der Waals surface area (Å²) in [6, 6.07) is 1.17. The molecule has 0 aliphatic heterocycles. The minimum absolute atomic E-state index is 0.138. The second kappa shape index (κ2) is 3.89. The molecule has 1 aromatic rings. The fourth-order valence-electron chi connectivity index (χ4n) is 0.699. The SMILES string of the molecule is FCc1ncc(C(F)F)cc1Br. The summed E-state index contributed by atoms with van der Waals surface area (Å²) in [5, 5.41) is 0. The number of pyridine rings is 1. The maximum Gasteiger partial charge on any atom is 0.265 e. The third-order valence-electron chi connectivity index (χ3n) is 1.32. The van der Waals surface area contributed by atoms with Crippen molar-refractivity contribution >= 4 is 15.9 Å². The average molecular weight is 240 g/mol. The van der Waals surface area contributed by atoms with Crippen molar-refractivity contribution in [3.63, 3.8) is 0 Å². The molecule has 0 radical (unpaired) electrons. The van der Waals surface area contributed by atoms with Crippen molar-refractivity contribution in [3.05, 3.63) is 28.0 Å². The van der Waals surface area contributed by atoms with Gasteiger partial charge in [-0.05, 0) is 22.0 Å². The Balaban J connectivity index is 3.02. The van der Waals surface area contributed by atoms with E-state index in [1.807, 2.05) is 0 Å². The van der Waals surface area contributed by atoms with Gasteiger partial charge in [-0.15, -0.1) is 0 Å². The molecule has 1 nitrogen and oxygen atoms in total. The smallest absolute Gasteiger partial charge is 0.257 e. The zero-order valence-corrected chi connectivity index (χ0v) is 7.48. The first kappa shape index (κ1) is 9.51. The lowest BCUT2D eigenvalue weighted by Gasteiger charge is -2.01. The van der Waals surface area contributed by atoms with Crippen LogP contribution in [0.25, 0.3) is 0 Å². The average Bonchev–Trinajstić information content (AvgIpc) is 2.04. The van der Waals surface area contributed by atoms with Gasteiger partial charge in [0.2, 0.25) is 0 Å². The number of rotatable bonds is 2. The normalized spacial score (nSPS) is 10.8. The molecular weight excluding hydrogens is 235 g/mol.